The summed E-state index contributed by atoms with van der Waals surface area (Å²) in [6.45, 7) is 7.57. The lowest BCUT2D eigenvalue weighted by atomic mass is 10.3. The maximum Gasteiger partial charge on any atom is 0.481 e. The Hall–Kier alpha value is -0.0100. The van der Waals surface area contributed by atoms with E-state index in [1.165, 1.54) is 0 Å². The van der Waals surface area contributed by atoms with Crippen molar-refractivity contribution in [3.05, 3.63) is 0 Å². The van der Waals surface area contributed by atoms with Gasteiger partial charge in [-0.15, -0.1) is 0 Å². The van der Waals surface area contributed by atoms with Crippen molar-refractivity contribution in [2.45, 2.75) is 78.6 Å². The van der Waals surface area contributed by atoms with E-state index in [1.807, 2.05) is 0 Å². The molecule has 0 aliphatic rings. The van der Waals surface area contributed by atoms with Crippen LogP contribution >= 0.6 is 7.82 Å². The molecule has 8 heteroatoms. The molecule has 0 saturated carbocycles. The molecule has 0 aliphatic carbocycles. The molecular formula is C18H39O7P. The van der Waals surface area contributed by atoms with Crippen LogP contribution < -0.4 is 0 Å². The second kappa shape index (κ2) is 19.7. The summed E-state index contributed by atoms with van der Waals surface area (Å²) in [7, 11) is -3.76. The van der Waals surface area contributed by atoms with Crippen LogP contribution in [0.2, 0.25) is 0 Å². The third kappa shape index (κ3) is 17.4. The van der Waals surface area contributed by atoms with Gasteiger partial charge < -0.3 is 14.2 Å². The number of hydrogen-bond donors (Lipinski definition) is 0. The van der Waals surface area contributed by atoms with Gasteiger partial charge in [0.2, 0.25) is 0 Å². The van der Waals surface area contributed by atoms with Crippen LogP contribution in [-0.2, 0) is 32.3 Å². The molecule has 0 bridgehead atoms. The summed E-state index contributed by atoms with van der Waals surface area (Å²) < 4.78 is 44.1. The molecule has 0 unspecified atom stereocenters. The van der Waals surface area contributed by atoms with Crippen LogP contribution in [0.3, 0.4) is 0 Å². The van der Waals surface area contributed by atoms with Crippen LogP contribution in [0.25, 0.3) is 0 Å². The molecule has 0 N–H and O–H groups in total. The molecule has 0 aromatic heterocycles. The monoisotopic (exact) mass is 398 g/mol. The van der Waals surface area contributed by atoms with Crippen molar-refractivity contribution < 1.29 is 32.3 Å². The maximum atomic E-state index is 12.6. The van der Waals surface area contributed by atoms with Crippen LogP contribution in [0, 0.1) is 0 Å². The first kappa shape index (κ1) is 26.0. The first-order chi connectivity index (χ1) is 12.7. The van der Waals surface area contributed by atoms with Gasteiger partial charge in [0.25, 0.3) is 0 Å². The van der Waals surface area contributed by atoms with Gasteiger partial charge in [-0.2, -0.15) is 0 Å². The highest BCUT2D eigenvalue weighted by atomic mass is 31.2. The van der Waals surface area contributed by atoms with E-state index in [0.717, 1.165) is 57.8 Å². The molecule has 0 aliphatic heterocycles. The zero-order chi connectivity index (χ0) is 19.3. The van der Waals surface area contributed by atoms with Gasteiger partial charge in [0.05, 0.1) is 0 Å². The Kier molecular flexibility index (Phi) is 19.7. The lowest BCUT2D eigenvalue weighted by Crippen LogP contribution is -2.09. The van der Waals surface area contributed by atoms with E-state index in [2.05, 4.69) is 20.8 Å². The Morgan fingerprint density at radius 1 is 0.538 bits per heavy atom. The smallest absolute Gasteiger partial charge is 0.355 e. The van der Waals surface area contributed by atoms with E-state index < -0.39 is 7.82 Å². The van der Waals surface area contributed by atoms with Crippen LogP contribution in [0.4, 0.5) is 0 Å². The molecule has 0 spiro atoms. The zero-order valence-corrected chi connectivity index (χ0v) is 17.8. The van der Waals surface area contributed by atoms with E-state index in [9.17, 15) is 4.57 Å². The molecule has 0 heterocycles. The van der Waals surface area contributed by atoms with E-state index in [0.29, 0.717) is 19.8 Å². The number of phosphoric ester groups is 1. The molecule has 0 fully saturated rings. The predicted molar refractivity (Wildman–Crippen MR) is 102 cm³/mol. The third-order valence-electron chi connectivity index (χ3n) is 3.56. The predicted octanol–water partition coefficient (Wildman–Crippen LogP) is 5.64. The fourth-order valence-electron chi connectivity index (χ4n) is 1.96. The average Bonchev–Trinajstić information content (AvgIpc) is 2.64. The Morgan fingerprint density at radius 2 is 0.846 bits per heavy atom. The van der Waals surface area contributed by atoms with Crippen molar-refractivity contribution in [2.75, 3.05) is 40.2 Å². The van der Waals surface area contributed by atoms with Gasteiger partial charge in [-0.3, -0.25) is 13.6 Å². The van der Waals surface area contributed by atoms with E-state index in [-0.39, 0.29) is 20.4 Å². The van der Waals surface area contributed by atoms with Gasteiger partial charge in [-0.05, 0) is 19.3 Å². The zero-order valence-electron chi connectivity index (χ0n) is 16.9. The molecular weight excluding hydrogens is 359 g/mol. The summed E-state index contributed by atoms with van der Waals surface area (Å²) in [5.41, 5.74) is 0. The second-order valence-corrected chi connectivity index (χ2v) is 7.70. The van der Waals surface area contributed by atoms with Gasteiger partial charge >= 0.3 is 7.82 Å². The minimum absolute atomic E-state index is 0.146. The first-order valence-electron chi connectivity index (χ1n) is 9.95. The van der Waals surface area contributed by atoms with Crippen LogP contribution in [-0.4, -0.2) is 40.2 Å². The Morgan fingerprint density at radius 3 is 1.12 bits per heavy atom. The lowest BCUT2D eigenvalue weighted by molar-refractivity contribution is -0.0712. The molecule has 7 nitrogen and oxygen atoms in total. The van der Waals surface area contributed by atoms with Gasteiger partial charge in [-0.25, -0.2) is 4.57 Å². The number of unbranched alkanes of at least 4 members (excludes halogenated alkanes) is 6. The van der Waals surface area contributed by atoms with Gasteiger partial charge in [-0.1, -0.05) is 59.3 Å². The van der Waals surface area contributed by atoms with E-state index >= 15 is 0 Å². The number of hydrogen-bond acceptors (Lipinski definition) is 7. The summed E-state index contributed by atoms with van der Waals surface area (Å²) in [6.07, 6.45) is 9.40. The Balaban J connectivity index is 4.04. The topological polar surface area (TPSA) is 72.5 Å². The number of ether oxygens (including phenoxy) is 3. The first-order valence-corrected chi connectivity index (χ1v) is 11.4. The van der Waals surface area contributed by atoms with Crippen LogP contribution in [0.5, 0.6) is 0 Å². The molecule has 0 aromatic carbocycles. The van der Waals surface area contributed by atoms with Crippen molar-refractivity contribution in [3.63, 3.8) is 0 Å². The molecule has 26 heavy (non-hydrogen) atoms. The number of phosphoric acid groups is 1. The quantitative estimate of drug-likeness (QED) is 0.141. The summed E-state index contributed by atoms with van der Waals surface area (Å²) in [5.74, 6) is 0. The standard InChI is InChI=1S/C18H39O7P/c1-4-7-10-13-20-16-23-26(19,24-17-21-14-11-8-5-2)25-18-22-15-12-9-6-3/h4-18H2,1-3H3. The highest BCUT2D eigenvalue weighted by molar-refractivity contribution is 7.48. The van der Waals surface area contributed by atoms with E-state index in [1.54, 1.807) is 0 Å². The second-order valence-electron chi connectivity index (χ2n) is 6.03. The minimum Gasteiger partial charge on any atom is -0.355 e. The lowest BCUT2D eigenvalue weighted by Gasteiger charge is -2.18. The summed E-state index contributed by atoms with van der Waals surface area (Å²) in [4.78, 5) is 0. The van der Waals surface area contributed by atoms with Crippen molar-refractivity contribution in [2.24, 2.45) is 0 Å². The van der Waals surface area contributed by atoms with Gasteiger partial charge in [0, 0.05) is 19.8 Å². The largest absolute Gasteiger partial charge is 0.481 e. The maximum absolute atomic E-state index is 12.6. The van der Waals surface area contributed by atoms with Crippen molar-refractivity contribution >= 4 is 7.82 Å². The van der Waals surface area contributed by atoms with E-state index in [4.69, 9.17) is 27.8 Å². The number of rotatable bonds is 21. The molecule has 0 rings (SSSR count). The molecule has 0 atom stereocenters. The highest BCUT2D eigenvalue weighted by Gasteiger charge is 2.27. The van der Waals surface area contributed by atoms with Gasteiger partial charge in [0.15, 0.2) is 20.4 Å². The van der Waals surface area contributed by atoms with Gasteiger partial charge in [0.1, 0.15) is 0 Å². The highest BCUT2D eigenvalue weighted by Crippen LogP contribution is 2.49. The molecule has 158 valence electrons. The average molecular weight is 398 g/mol. The third-order valence-corrected chi connectivity index (χ3v) is 4.82. The normalized spacial score (nSPS) is 12.0. The molecule has 0 radical (unpaired) electrons. The molecule has 0 saturated heterocycles. The van der Waals surface area contributed by atoms with Crippen LogP contribution in [0.1, 0.15) is 78.6 Å². The van der Waals surface area contributed by atoms with Crippen molar-refractivity contribution in [1.82, 2.24) is 0 Å². The fourth-order valence-corrected chi connectivity index (χ4v) is 2.79. The summed E-state index contributed by atoms with van der Waals surface area (Å²) >= 11 is 0. The van der Waals surface area contributed by atoms with Crippen LogP contribution in [0.15, 0.2) is 0 Å². The Labute approximate surface area is 159 Å². The SMILES string of the molecule is CCCCCOCOP(=O)(OCOCCCCC)OCOCCCCC. The fraction of sp³-hybridized carbons (Fsp3) is 1.00. The summed E-state index contributed by atoms with van der Waals surface area (Å²) in [5, 5.41) is 0. The van der Waals surface area contributed by atoms with Crippen molar-refractivity contribution in [1.29, 1.82) is 0 Å². The molecule has 0 amide bonds. The van der Waals surface area contributed by atoms with Crippen molar-refractivity contribution in [3.8, 4) is 0 Å². The minimum atomic E-state index is -3.76. The molecule has 0 aromatic rings. The Bertz CT molecular complexity index is 281. The summed E-state index contributed by atoms with van der Waals surface area (Å²) in [6, 6.07) is 0.